The SMILES string of the molecule is CCn1cnnc1CNc1nc(N)ncc1Br. The molecule has 0 bridgehead atoms. The third-order valence-corrected chi connectivity index (χ3v) is 2.79. The Morgan fingerprint density at radius 2 is 2.35 bits per heavy atom. The zero-order valence-corrected chi connectivity index (χ0v) is 10.8. The summed E-state index contributed by atoms with van der Waals surface area (Å²) in [5, 5.41) is 11.0. The van der Waals surface area contributed by atoms with Crippen molar-refractivity contribution in [3.05, 3.63) is 22.8 Å². The largest absolute Gasteiger partial charge is 0.368 e. The van der Waals surface area contributed by atoms with Crippen molar-refractivity contribution in [1.29, 1.82) is 0 Å². The summed E-state index contributed by atoms with van der Waals surface area (Å²) in [5.74, 6) is 1.72. The minimum atomic E-state index is 0.229. The number of anilines is 2. The standard InChI is InChI=1S/C9H12BrN7/c1-2-17-5-14-16-7(17)4-12-8-6(10)3-13-9(11)15-8/h3,5H,2,4H2,1H3,(H3,11,12,13,15). The van der Waals surface area contributed by atoms with Gasteiger partial charge in [-0.1, -0.05) is 0 Å². The zero-order valence-electron chi connectivity index (χ0n) is 9.26. The van der Waals surface area contributed by atoms with Crippen LogP contribution in [0.15, 0.2) is 17.0 Å². The lowest BCUT2D eigenvalue weighted by Gasteiger charge is -2.07. The van der Waals surface area contributed by atoms with Crippen LogP contribution in [-0.4, -0.2) is 24.7 Å². The first kappa shape index (κ1) is 11.8. The lowest BCUT2D eigenvalue weighted by molar-refractivity contribution is 0.707. The third-order valence-electron chi connectivity index (χ3n) is 2.21. The van der Waals surface area contributed by atoms with E-state index in [1.807, 2.05) is 11.5 Å². The molecule has 0 radical (unpaired) electrons. The van der Waals surface area contributed by atoms with Gasteiger partial charge in [-0.25, -0.2) is 4.98 Å². The summed E-state index contributed by atoms with van der Waals surface area (Å²) >= 11 is 3.34. The van der Waals surface area contributed by atoms with Gasteiger partial charge < -0.3 is 15.6 Å². The van der Waals surface area contributed by atoms with Crippen LogP contribution < -0.4 is 11.1 Å². The number of nitrogen functional groups attached to an aromatic ring is 1. The smallest absolute Gasteiger partial charge is 0.221 e. The van der Waals surface area contributed by atoms with Crippen molar-refractivity contribution in [1.82, 2.24) is 24.7 Å². The molecule has 0 aromatic carbocycles. The van der Waals surface area contributed by atoms with E-state index in [0.29, 0.717) is 12.4 Å². The minimum absolute atomic E-state index is 0.229. The Morgan fingerprint density at radius 3 is 3.12 bits per heavy atom. The van der Waals surface area contributed by atoms with Crippen LogP contribution in [0.3, 0.4) is 0 Å². The molecule has 8 heteroatoms. The quantitative estimate of drug-likeness (QED) is 0.876. The van der Waals surface area contributed by atoms with Crippen LogP contribution in [0.1, 0.15) is 12.7 Å². The van der Waals surface area contributed by atoms with Crippen molar-refractivity contribution in [2.75, 3.05) is 11.1 Å². The number of nitrogens with two attached hydrogens (primary N) is 1. The number of rotatable bonds is 4. The molecule has 0 unspecified atom stereocenters. The Kier molecular flexibility index (Phi) is 3.52. The fourth-order valence-electron chi connectivity index (χ4n) is 1.35. The Morgan fingerprint density at radius 1 is 1.53 bits per heavy atom. The maximum absolute atomic E-state index is 5.52. The molecule has 17 heavy (non-hydrogen) atoms. The highest BCUT2D eigenvalue weighted by molar-refractivity contribution is 9.10. The summed E-state index contributed by atoms with van der Waals surface area (Å²) in [4.78, 5) is 7.94. The third kappa shape index (κ3) is 2.70. The van der Waals surface area contributed by atoms with Crippen LogP contribution in [0.5, 0.6) is 0 Å². The number of nitrogens with zero attached hydrogens (tertiary/aromatic N) is 5. The highest BCUT2D eigenvalue weighted by atomic mass is 79.9. The molecule has 2 rings (SSSR count). The predicted octanol–water partition coefficient (Wildman–Crippen LogP) is 1.04. The van der Waals surface area contributed by atoms with Crippen molar-refractivity contribution in [2.45, 2.75) is 20.0 Å². The lowest BCUT2D eigenvalue weighted by Crippen LogP contribution is -2.09. The van der Waals surface area contributed by atoms with Gasteiger partial charge in [0.2, 0.25) is 5.95 Å². The molecule has 0 saturated heterocycles. The van der Waals surface area contributed by atoms with Gasteiger partial charge in [-0.05, 0) is 22.9 Å². The van der Waals surface area contributed by atoms with Crippen LogP contribution in [-0.2, 0) is 13.1 Å². The van der Waals surface area contributed by atoms with E-state index in [9.17, 15) is 0 Å². The van der Waals surface area contributed by atoms with E-state index in [1.165, 1.54) is 0 Å². The molecule has 2 heterocycles. The Balaban J connectivity index is 2.09. The minimum Gasteiger partial charge on any atom is -0.368 e. The van der Waals surface area contributed by atoms with Crippen LogP contribution in [0.25, 0.3) is 0 Å². The van der Waals surface area contributed by atoms with Gasteiger partial charge in [0.05, 0.1) is 11.0 Å². The highest BCUT2D eigenvalue weighted by Gasteiger charge is 2.06. The van der Waals surface area contributed by atoms with E-state index in [4.69, 9.17) is 5.73 Å². The number of hydrogen-bond acceptors (Lipinski definition) is 6. The van der Waals surface area contributed by atoms with Crippen molar-refractivity contribution in [3.8, 4) is 0 Å². The van der Waals surface area contributed by atoms with Gasteiger partial charge in [-0.15, -0.1) is 10.2 Å². The molecule has 0 aliphatic rings. The average molecular weight is 298 g/mol. The van der Waals surface area contributed by atoms with E-state index in [2.05, 4.69) is 41.4 Å². The molecule has 0 spiro atoms. The number of nitrogens with one attached hydrogen (secondary N) is 1. The Hall–Kier alpha value is -1.70. The van der Waals surface area contributed by atoms with Gasteiger partial charge in [0, 0.05) is 12.7 Å². The Labute approximate surface area is 107 Å². The van der Waals surface area contributed by atoms with Crippen LogP contribution in [0.4, 0.5) is 11.8 Å². The molecule has 0 aliphatic carbocycles. The molecule has 0 saturated carbocycles. The summed E-state index contributed by atoms with van der Waals surface area (Å²) < 4.78 is 2.71. The molecule has 0 atom stereocenters. The maximum Gasteiger partial charge on any atom is 0.221 e. The van der Waals surface area contributed by atoms with Gasteiger partial charge in [0.25, 0.3) is 0 Å². The van der Waals surface area contributed by atoms with Crippen molar-refractivity contribution in [2.24, 2.45) is 0 Å². The molecule has 0 aliphatic heterocycles. The maximum atomic E-state index is 5.52. The summed E-state index contributed by atoms with van der Waals surface area (Å²) in [6, 6.07) is 0. The zero-order chi connectivity index (χ0) is 12.3. The second-order valence-corrected chi connectivity index (χ2v) is 4.17. The van der Waals surface area contributed by atoms with E-state index < -0.39 is 0 Å². The first-order chi connectivity index (χ1) is 8.20. The van der Waals surface area contributed by atoms with E-state index in [-0.39, 0.29) is 5.95 Å². The van der Waals surface area contributed by atoms with Gasteiger partial charge in [-0.2, -0.15) is 4.98 Å². The number of halogens is 1. The first-order valence-corrected chi connectivity index (χ1v) is 5.88. The summed E-state index contributed by atoms with van der Waals surface area (Å²) in [7, 11) is 0. The van der Waals surface area contributed by atoms with Crippen molar-refractivity contribution >= 4 is 27.7 Å². The van der Waals surface area contributed by atoms with Gasteiger partial charge in [0.1, 0.15) is 12.1 Å². The van der Waals surface area contributed by atoms with E-state index in [1.54, 1.807) is 12.5 Å². The monoisotopic (exact) mass is 297 g/mol. The molecule has 3 N–H and O–H groups in total. The molecule has 0 fully saturated rings. The molecule has 2 aromatic heterocycles. The van der Waals surface area contributed by atoms with Crippen molar-refractivity contribution < 1.29 is 0 Å². The second-order valence-electron chi connectivity index (χ2n) is 3.31. The fourth-order valence-corrected chi connectivity index (χ4v) is 1.68. The second kappa shape index (κ2) is 5.09. The molecular weight excluding hydrogens is 286 g/mol. The molecule has 0 amide bonds. The number of aryl methyl sites for hydroxylation is 1. The molecule has 90 valence electrons. The molecule has 7 nitrogen and oxygen atoms in total. The summed E-state index contributed by atoms with van der Waals surface area (Å²) in [5.41, 5.74) is 5.52. The van der Waals surface area contributed by atoms with Gasteiger partial charge >= 0.3 is 0 Å². The van der Waals surface area contributed by atoms with Gasteiger partial charge in [-0.3, -0.25) is 0 Å². The number of hydrogen-bond donors (Lipinski definition) is 2. The fraction of sp³-hybridized carbons (Fsp3) is 0.333. The summed E-state index contributed by atoms with van der Waals surface area (Å²) in [6.45, 7) is 3.39. The number of aromatic nitrogens is 5. The topological polar surface area (TPSA) is 94.5 Å². The summed E-state index contributed by atoms with van der Waals surface area (Å²) in [6.07, 6.45) is 3.30. The van der Waals surface area contributed by atoms with Crippen molar-refractivity contribution in [3.63, 3.8) is 0 Å². The van der Waals surface area contributed by atoms with Crippen LogP contribution in [0.2, 0.25) is 0 Å². The normalized spacial score (nSPS) is 10.5. The molecule has 2 aromatic rings. The predicted molar refractivity (Wildman–Crippen MR) is 67.2 cm³/mol. The van der Waals surface area contributed by atoms with Crippen LogP contribution >= 0.6 is 15.9 Å². The average Bonchev–Trinajstić information content (AvgIpc) is 2.77. The highest BCUT2D eigenvalue weighted by Crippen LogP contribution is 2.19. The van der Waals surface area contributed by atoms with Gasteiger partial charge in [0.15, 0.2) is 5.82 Å². The van der Waals surface area contributed by atoms with E-state index in [0.717, 1.165) is 16.8 Å². The lowest BCUT2D eigenvalue weighted by atomic mass is 10.5. The van der Waals surface area contributed by atoms with E-state index >= 15 is 0 Å². The first-order valence-electron chi connectivity index (χ1n) is 5.09. The Bertz CT molecular complexity index is 510. The van der Waals surface area contributed by atoms with Crippen LogP contribution in [0, 0.1) is 0 Å². The molecular formula is C9H12BrN7.